The fourth-order valence-corrected chi connectivity index (χ4v) is 2.82. The molecule has 0 N–H and O–H groups in total. The van der Waals surface area contributed by atoms with Crippen LogP contribution in [0, 0.1) is 5.92 Å². The number of Topliss-reactive ketones (excluding diaryl/α,β-unsaturated/α-hetero) is 1. The highest BCUT2D eigenvalue weighted by molar-refractivity contribution is 7.90. The molecular weight excluding hydrogens is 356 g/mol. The fourth-order valence-electron chi connectivity index (χ4n) is 1.99. The number of benzene rings is 1. The first kappa shape index (κ1) is 18.9. The van der Waals surface area contributed by atoms with Gasteiger partial charge in [-0.15, -0.1) is 0 Å². The van der Waals surface area contributed by atoms with E-state index in [0.717, 1.165) is 19.1 Å². The van der Waals surface area contributed by atoms with Gasteiger partial charge in [0.15, 0.2) is 9.84 Å². The van der Waals surface area contributed by atoms with Crippen molar-refractivity contribution in [1.82, 2.24) is 0 Å². The Hall–Kier alpha value is -1.44. The molecule has 1 aliphatic carbocycles. The second-order valence-electron chi connectivity index (χ2n) is 5.98. The number of ketones is 1. The summed E-state index contributed by atoms with van der Waals surface area (Å²) in [5.41, 5.74) is 0.145. The van der Waals surface area contributed by atoms with E-state index in [1.807, 2.05) is 0 Å². The lowest BCUT2D eigenvalue weighted by molar-refractivity contribution is -0.154. The van der Waals surface area contributed by atoms with Gasteiger partial charge in [0, 0.05) is 11.8 Å². The third-order valence-electron chi connectivity index (χ3n) is 3.53. The van der Waals surface area contributed by atoms with Gasteiger partial charge in [-0.3, -0.25) is 4.79 Å². The number of hydrogen-bond donors (Lipinski definition) is 0. The molecule has 1 aliphatic rings. The van der Waals surface area contributed by atoms with E-state index in [2.05, 4.69) is 0 Å². The summed E-state index contributed by atoms with van der Waals surface area (Å²) in [6.45, 7) is 1.49. The highest BCUT2D eigenvalue weighted by Crippen LogP contribution is 2.29. The smallest absolute Gasteiger partial charge is 0.334 e. The molecule has 132 valence electrons. The Balaban J connectivity index is 1.96. The zero-order valence-corrected chi connectivity index (χ0v) is 15.0. The molecule has 24 heavy (non-hydrogen) atoms. The Labute approximate surface area is 146 Å². The van der Waals surface area contributed by atoms with Crippen molar-refractivity contribution < 1.29 is 27.5 Å². The van der Waals surface area contributed by atoms with Gasteiger partial charge in [0.1, 0.15) is 6.61 Å². The highest BCUT2D eigenvalue weighted by atomic mass is 35.5. The van der Waals surface area contributed by atoms with Crippen molar-refractivity contribution in [3.63, 3.8) is 0 Å². The highest BCUT2D eigenvalue weighted by Gasteiger charge is 2.36. The fraction of sp³-hybridized carbons (Fsp3) is 0.500. The Morgan fingerprint density at radius 3 is 2.33 bits per heavy atom. The van der Waals surface area contributed by atoms with Crippen molar-refractivity contribution in [2.24, 2.45) is 5.92 Å². The summed E-state index contributed by atoms with van der Waals surface area (Å²) in [7, 11) is -3.36. The maximum absolute atomic E-state index is 12.4. The summed E-state index contributed by atoms with van der Waals surface area (Å²) in [5.74, 6) is -0.857. The summed E-state index contributed by atoms with van der Waals surface area (Å²) in [5, 5.41) is -1.88. The predicted octanol–water partition coefficient (Wildman–Crippen LogP) is 2.20. The molecule has 1 aromatic rings. The summed E-state index contributed by atoms with van der Waals surface area (Å²) in [6.07, 6.45) is 3.27. The average molecular weight is 375 g/mol. The molecule has 0 aliphatic heterocycles. The largest absolute Gasteiger partial charge is 0.434 e. The molecule has 0 radical (unpaired) electrons. The predicted molar refractivity (Wildman–Crippen MR) is 87.8 cm³/mol. The van der Waals surface area contributed by atoms with Crippen LogP contribution < -0.4 is 0 Å². The summed E-state index contributed by atoms with van der Waals surface area (Å²) in [6, 6.07) is 5.26. The van der Waals surface area contributed by atoms with Crippen LogP contribution in [0.3, 0.4) is 0 Å². The van der Waals surface area contributed by atoms with Crippen molar-refractivity contribution in [3.05, 3.63) is 29.8 Å². The van der Waals surface area contributed by atoms with Crippen LogP contribution in [0.4, 0.5) is 0 Å². The second kappa shape index (κ2) is 7.21. The SMILES string of the molecule is CC(Cl)(OC(=O)COCC1CC1)C(=O)c1ccc(S(C)(=O)=O)cc1. The Morgan fingerprint density at radius 2 is 1.83 bits per heavy atom. The van der Waals surface area contributed by atoms with Gasteiger partial charge in [-0.2, -0.15) is 0 Å². The molecule has 1 aromatic carbocycles. The molecule has 0 bridgehead atoms. The minimum atomic E-state index is -3.36. The van der Waals surface area contributed by atoms with Crippen LogP contribution in [0.25, 0.3) is 0 Å². The van der Waals surface area contributed by atoms with E-state index in [-0.39, 0.29) is 17.1 Å². The third kappa shape index (κ3) is 5.29. The Bertz CT molecular complexity index is 719. The van der Waals surface area contributed by atoms with Crippen LogP contribution in [0.2, 0.25) is 0 Å². The van der Waals surface area contributed by atoms with Gasteiger partial charge in [0.05, 0.1) is 11.5 Å². The van der Waals surface area contributed by atoms with Crippen molar-refractivity contribution in [2.45, 2.75) is 29.7 Å². The molecule has 1 fully saturated rings. The van der Waals surface area contributed by atoms with Crippen molar-refractivity contribution in [2.75, 3.05) is 19.5 Å². The summed E-state index contributed by atoms with van der Waals surface area (Å²) >= 11 is 6.03. The van der Waals surface area contributed by atoms with Gasteiger partial charge in [0.2, 0.25) is 10.8 Å². The number of esters is 1. The molecule has 1 unspecified atom stereocenters. The van der Waals surface area contributed by atoms with Gasteiger partial charge in [0.25, 0.3) is 0 Å². The maximum Gasteiger partial charge on any atom is 0.334 e. The number of rotatable bonds is 8. The van der Waals surface area contributed by atoms with Gasteiger partial charge >= 0.3 is 5.97 Å². The molecule has 8 heteroatoms. The molecule has 6 nitrogen and oxygen atoms in total. The number of carbonyl (C=O) groups excluding carboxylic acids is 2. The number of ether oxygens (including phenoxy) is 2. The minimum absolute atomic E-state index is 0.0841. The van der Waals surface area contributed by atoms with Gasteiger partial charge in [-0.25, -0.2) is 13.2 Å². The number of carbonyl (C=O) groups is 2. The lowest BCUT2D eigenvalue weighted by atomic mass is 10.1. The van der Waals surface area contributed by atoms with E-state index in [9.17, 15) is 18.0 Å². The van der Waals surface area contributed by atoms with Crippen LogP contribution >= 0.6 is 11.6 Å². The zero-order chi connectivity index (χ0) is 18.0. The third-order valence-corrected chi connectivity index (χ3v) is 4.90. The molecule has 0 aromatic heterocycles. The molecular formula is C16H19ClO6S. The van der Waals surface area contributed by atoms with Crippen LogP contribution in [0.1, 0.15) is 30.1 Å². The topological polar surface area (TPSA) is 86.7 Å². The van der Waals surface area contributed by atoms with E-state index in [1.54, 1.807) is 0 Å². The molecule has 0 heterocycles. The van der Waals surface area contributed by atoms with Crippen LogP contribution in [0.15, 0.2) is 29.2 Å². The van der Waals surface area contributed by atoms with E-state index >= 15 is 0 Å². The summed E-state index contributed by atoms with van der Waals surface area (Å²) in [4.78, 5) is 24.2. The zero-order valence-electron chi connectivity index (χ0n) is 13.5. The standard InChI is InChI=1S/C16H19ClO6S/c1-16(17,23-14(18)10-22-9-11-3-4-11)15(19)12-5-7-13(8-6-12)24(2,20)21/h5-8,11H,3-4,9-10H2,1-2H3. The first-order valence-corrected chi connectivity index (χ1v) is 9.70. The van der Waals surface area contributed by atoms with Crippen LogP contribution in [-0.4, -0.2) is 44.7 Å². The molecule has 0 amide bonds. The number of alkyl halides is 1. The van der Waals surface area contributed by atoms with Gasteiger partial charge in [-0.1, -0.05) is 11.6 Å². The monoisotopic (exact) mass is 374 g/mol. The lowest BCUT2D eigenvalue weighted by Crippen LogP contribution is -2.36. The molecule has 1 atom stereocenters. The van der Waals surface area contributed by atoms with Crippen molar-refractivity contribution >= 4 is 33.2 Å². The minimum Gasteiger partial charge on any atom is -0.434 e. The maximum atomic E-state index is 12.4. The van der Waals surface area contributed by atoms with E-state index in [1.165, 1.54) is 31.2 Å². The average Bonchev–Trinajstić information content (AvgIpc) is 3.29. The van der Waals surface area contributed by atoms with Crippen LogP contribution in [-0.2, 0) is 24.1 Å². The Kier molecular flexibility index (Phi) is 5.67. The van der Waals surface area contributed by atoms with Crippen molar-refractivity contribution in [1.29, 1.82) is 0 Å². The quantitative estimate of drug-likeness (QED) is 0.394. The molecule has 2 rings (SSSR count). The lowest BCUT2D eigenvalue weighted by Gasteiger charge is -2.21. The first-order chi connectivity index (χ1) is 11.1. The molecule has 0 spiro atoms. The number of sulfone groups is 1. The van der Waals surface area contributed by atoms with Crippen molar-refractivity contribution in [3.8, 4) is 0 Å². The van der Waals surface area contributed by atoms with Gasteiger partial charge in [-0.05, 0) is 49.9 Å². The van der Waals surface area contributed by atoms with E-state index in [0.29, 0.717) is 12.5 Å². The second-order valence-corrected chi connectivity index (χ2v) is 8.71. The number of hydrogen-bond acceptors (Lipinski definition) is 6. The number of halogens is 1. The normalized spacial score (nSPS) is 17.1. The Morgan fingerprint density at radius 1 is 1.25 bits per heavy atom. The van der Waals surface area contributed by atoms with Crippen LogP contribution in [0.5, 0.6) is 0 Å². The first-order valence-electron chi connectivity index (χ1n) is 7.43. The van der Waals surface area contributed by atoms with Gasteiger partial charge < -0.3 is 9.47 Å². The van der Waals surface area contributed by atoms with E-state index in [4.69, 9.17) is 21.1 Å². The van der Waals surface area contributed by atoms with E-state index < -0.39 is 26.7 Å². The molecule has 0 saturated heterocycles. The summed E-state index contributed by atoms with van der Waals surface area (Å²) < 4.78 is 33.0. The molecule has 1 saturated carbocycles.